The Bertz CT molecular complexity index is 1220. The first-order valence-corrected chi connectivity index (χ1v) is 10.8. The molecule has 0 N–H and O–H groups in total. The molecular weight excluding hydrogens is 400 g/mol. The largest absolute Gasteiger partial charge is 0.378 e. The summed E-state index contributed by atoms with van der Waals surface area (Å²) >= 11 is 0. The zero-order valence-electron chi connectivity index (χ0n) is 17.8. The van der Waals surface area contributed by atoms with E-state index >= 15 is 0 Å². The maximum atomic E-state index is 12.4. The number of fused-ring (bicyclic) bond motifs is 1. The van der Waals surface area contributed by atoms with E-state index in [9.17, 15) is 4.79 Å². The molecule has 0 saturated carbocycles. The molecule has 6 nitrogen and oxygen atoms in total. The van der Waals surface area contributed by atoms with Crippen LogP contribution < -0.4 is 4.90 Å². The minimum absolute atomic E-state index is 0.183. The summed E-state index contributed by atoms with van der Waals surface area (Å²) in [6, 6.07) is 18.1. The van der Waals surface area contributed by atoms with Crippen LogP contribution in [0, 0.1) is 0 Å². The highest BCUT2D eigenvalue weighted by molar-refractivity contribution is 5.84. The molecule has 2 aromatic heterocycles. The standard InChI is InChI=1S/C26H24N4O2/c31-23(15-20-2-1-9-27-17-20)14-19-3-5-21(6-4-19)22-7-8-24-25(16-22)29-26(18-28-24)30-10-12-32-13-11-30/h1-9,16-18H,10-15H2. The third kappa shape index (κ3) is 4.65. The monoisotopic (exact) mass is 424 g/mol. The molecule has 0 amide bonds. The molecular formula is C26H24N4O2. The van der Waals surface area contributed by atoms with Gasteiger partial charge in [0.2, 0.25) is 0 Å². The topological polar surface area (TPSA) is 68.2 Å². The fraction of sp³-hybridized carbons (Fsp3) is 0.231. The molecule has 0 radical (unpaired) electrons. The van der Waals surface area contributed by atoms with Gasteiger partial charge in [-0.2, -0.15) is 0 Å². The van der Waals surface area contributed by atoms with E-state index in [-0.39, 0.29) is 5.78 Å². The van der Waals surface area contributed by atoms with Gasteiger partial charge in [0.05, 0.1) is 30.4 Å². The summed E-state index contributed by atoms with van der Waals surface area (Å²) in [5, 5.41) is 0. The van der Waals surface area contributed by atoms with Crippen molar-refractivity contribution in [1.82, 2.24) is 15.0 Å². The number of rotatable bonds is 6. The summed E-state index contributed by atoms with van der Waals surface area (Å²) in [5.41, 5.74) is 5.89. The van der Waals surface area contributed by atoms with Crippen molar-refractivity contribution in [3.8, 4) is 11.1 Å². The number of carbonyl (C=O) groups excluding carboxylic acids is 1. The van der Waals surface area contributed by atoms with Gasteiger partial charge in [0.25, 0.3) is 0 Å². The zero-order chi connectivity index (χ0) is 21.8. The summed E-state index contributed by atoms with van der Waals surface area (Å²) in [7, 11) is 0. The minimum atomic E-state index is 0.183. The highest BCUT2D eigenvalue weighted by Gasteiger charge is 2.13. The number of morpholine rings is 1. The number of Topliss-reactive ketones (excluding diaryl/α,β-unsaturated/α-hetero) is 1. The average molecular weight is 425 g/mol. The summed E-state index contributed by atoms with van der Waals surface area (Å²) in [6.07, 6.45) is 6.12. The molecule has 1 aliphatic heterocycles. The smallest absolute Gasteiger partial charge is 0.148 e. The normalized spacial score (nSPS) is 13.9. The number of ether oxygens (including phenoxy) is 1. The van der Waals surface area contributed by atoms with Gasteiger partial charge in [0.15, 0.2) is 0 Å². The number of nitrogens with zero attached hydrogens (tertiary/aromatic N) is 4. The molecule has 4 aromatic rings. The Balaban J connectivity index is 1.31. The Morgan fingerprint density at radius 2 is 1.66 bits per heavy atom. The number of hydrogen-bond donors (Lipinski definition) is 0. The van der Waals surface area contributed by atoms with E-state index in [1.165, 1.54) is 0 Å². The summed E-state index contributed by atoms with van der Waals surface area (Å²) < 4.78 is 5.44. The van der Waals surface area contributed by atoms with Crippen LogP contribution in [0.25, 0.3) is 22.2 Å². The number of pyridine rings is 1. The van der Waals surface area contributed by atoms with Crippen LogP contribution in [-0.2, 0) is 22.4 Å². The van der Waals surface area contributed by atoms with Gasteiger partial charge < -0.3 is 9.64 Å². The number of benzene rings is 2. The van der Waals surface area contributed by atoms with E-state index in [1.54, 1.807) is 12.4 Å². The van der Waals surface area contributed by atoms with Crippen LogP contribution in [0.5, 0.6) is 0 Å². The maximum absolute atomic E-state index is 12.4. The van der Waals surface area contributed by atoms with E-state index in [2.05, 4.69) is 39.1 Å². The SMILES string of the molecule is O=C(Cc1ccc(-c2ccc3ncc(N4CCOCC4)nc3c2)cc1)Cc1cccnc1. The van der Waals surface area contributed by atoms with Crippen molar-refractivity contribution in [2.24, 2.45) is 0 Å². The average Bonchev–Trinajstić information content (AvgIpc) is 2.85. The van der Waals surface area contributed by atoms with Crippen LogP contribution in [0.15, 0.2) is 73.2 Å². The van der Waals surface area contributed by atoms with Crippen molar-refractivity contribution in [2.75, 3.05) is 31.2 Å². The number of ketones is 1. The number of aromatic nitrogens is 3. The lowest BCUT2D eigenvalue weighted by atomic mass is 10.00. The van der Waals surface area contributed by atoms with Crippen LogP contribution in [0.2, 0.25) is 0 Å². The van der Waals surface area contributed by atoms with E-state index < -0.39 is 0 Å². The second kappa shape index (κ2) is 9.24. The van der Waals surface area contributed by atoms with E-state index in [1.807, 2.05) is 36.5 Å². The van der Waals surface area contributed by atoms with Gasteiger partial charge in [0, 0.05) is 38.3 Å². The molecule has 0 aliphatic carbocycles. The number of carbonyl (C=O) groups is 1. The summed E-state index contributed by atoms with van der Waals surface area (Å²) in [6.45, 7) is 3.11. The predicted octanol–water partition coefficient (Wildman–Crippen LogP) is 3.88. The molecule has 1 fully saturated rings. The fourth-order valence-corrected chi connectivity index (χ4v) is 3.96. The van der Waals surface area contributed by atoms with Crippen molar-refractivity contribution >= 4 is 22.6 Å². The van der Waals surface area contributed by atoms with E-state index in [0.717, 1.165) is 65.4 Å². The second-order valence-corrected chi connectivity index (χ2v) is 7.98. The zero-order valence-corrected chi connectivity index (χ0v) is 17.8. The van der Waals surface area contributed by atoms with Crippen LogP contribution >= 0.6 is 0 Å². The Hall–Kier alpha value is -3.64. The van der Waals surface area contributed by atoms with Crippen molar-refractivity contribution in [3.05, 3.63) is 84.3 Å². The lowest BCUT2D eigenvalue weighted by Crippen LogP contribution is -2.36. The van der Waals surface area contributed by atoms with Crippen molar-refractivity contribution < 1.29 is 9.53 Å². The first kappa shape index (κ1) is 20.3. The molecule has 0 atom stereocenters. The molecule has 0 bridgehead atoms. The van der Waals surface area contributed by atoms with E-state index in [4.69, 9.17) is 9.72 Å². The summed E-state index contributed by atoms with van der Waals surface area (Å²) in [5.74, 6) is 1.07. The Morgan fingerprint density at radius 1 is 0.875 bits per heavy atom. The van der Waals surface area contributed by atoms with Crippen molar-refractivity contribution in [3.63, 3.8) is 0 Å². The Kier molecular flexibility index (Phi) is 5.85. The molecule has 1 saturated heterocycles. The highest BCUT2D eigenvalue weighted by Crippen LogP contribution is 2.25. The Morgan fingerprint density at radius 3 is 2.44 bits per heavy atom. The molecule has 0 unspecified atom stereocenters. The summed E-state index contributed by atoms with van der Waals surface area (Å²) in [4.78, 5) is 28.1. The van der Waals surface area contributed by atoms with E-state index in [0.29, 0.717) is 12.8 Å². The second-order valence-electron chi connectivity index (χ2n) is 7.98. The molecule has 1 aliphatic rings. The van der Waals surface area contributed by atoms with Gasteiger partial charge in [-0.05, 0) is 40.5 Å². The predicted molar refractivity (Wildman–Crippen MR) is 125 cm³/mol. The lowest BCUT2D eigenvalue weighted by molar-refractivity contribution is -0.117. The first-order valence-electron chi connectivity index (χ1n) is 10.8. The molecule has 160 valence electrons. The van der Waals surface area contributed by atoms with Crippen molar-refractivity contribution in [1.29, 1.82) is 0 Å². The molecule has 6 heteroatoms. The fourth-order valence-electron chi connectivity index (χ4n) is 3.96. The quantitative estimate of drug-likeness (QED) is 0.468. The van der Waals surface area contributed by atoms with Gasteiger partial charge in [-0.3, -0.25) is 14.8 Å². The number of hydrogen-bond acceptors (Lipinski definition) is 6. The molecule has 32 heavy (non-hydrogen) atoms. The first-order chi connectivity index (χ1) is 15.7. The van der Waals surface area contributed by atoms with Crippen LogP contribution in [0.3, 0.4) is 0 Å². The van der Waals surface area contributed by atoms with Gasteiger partial charge >= 0.3 is 0 Å². The van der Waals surface area contributed by atoms with Gasteiger partial charge in [-0.1, -0.05) is 36.4 Å². The third-order valence-corrected chi connectivity index (χ3v) is 5.68. The molecule has 2 aromatic carbocycles. The number of anilines is 1. The molecule has 0 spiro atoms. The van der Waals surface area contributed by atoms with Gasteiger partial charge in [-0.15, -0.1) is 0 Å². The highest BCUT2D eigenvalue weighted by atomic mass is 16.5. The Labute approximate surface area is 186 Å². The molecule has 5 rings (SSSR count). The lowest BCUT2D eigenvalue weighted by Gasteiger charge is -2.27. The maximum Gasteiger partial charge on any atom is 0.148 e. The van der Waals surface area contributed by atoms with Crippen LogP contribution in [0.4, 0.5) is 5.82 Å². The minimum Gasteiger partial charge on any atom is -0.378 e. The molecule has 3 heterocycles. The van der Waals surface area contributed by atoms with Gasteiger partial charge in [-0.25, -0.2) is 4.98 Å². The third-order valence-electron chi connectivity index (χ3n) is 5.68. The van der Waals surface area contributed by atoms with Crippen LogP contribution in [0.1, 0.15) is 11.1 Å². The van der Waals surface area contributed by atoms with Crippen LogP contribution in [-0.4, -0.2) is 47.0 Å². The van der Waals surface area contributed by atoms with Gasteiger partial charge in [0.1, 0.15) is 11.6 Å². The van der Waals surface area contributed by atoms with Crippen molar-refractivity contribution in [2.45, 2.75) is 12.8 Å².